The Balaban J connectivity index is 2.31. The Kier molecular flexibility index (Phi) is 5.52. The summed E-state index contributed by atoms with van der Waals surface area (Å²) in [5.41, 5.74) is 1.08. The summed E-state index contributed by atoms with van der Waals surface area (Å²) in [5, 5.41) is 4.03. The van der Waals surface area contributed by atoms with Crippen molar-refractivity contribution in [1.29, 1.82) is 0 Å². The number of pyridine rings is 1. The average Bonchev–Trinajstić information content (AvgIpc) is 2.17. The first-order valence-corrected chi connectivity index (χ1v) is 6.65. The fraction of sp³-hybridized carbons (Fsp3) is 0.500. The molecule has 0 saturated heterocycles. The number of halogens is 1. The molecule has 1 aromatic heterocycles. The van der Waals surface area contributed by atoms with Gasteiger partial charge in [-0.25, -0.2) is 4.98 Å². The number of aromatic nitrogens is 1. The zero-order valence-corrected chi connectivity index (χ0v) is 10.9. The van der Waals surface area contributed by atoms with Crippen molar-refractivity contribution in [3.8, 4) is 0 Å². The molecule has 0 radical (unpaired) electrons. The molecule has 1 aromatic rings. The summed E-state index contributed by atoms with van der Waals surface area (Å²) >= 11 is 5.22. The van der Waals surface area contributed by atoms with E-state index in [0.29, 0.717) is 5.25 Å². The average molecular weight is 275 g/mol. The summed E-state index contributed by atoms with van der Waals surface area (Å²) in [6.45, 7) is 4.08. The van der Waals surface area contributed by atoms with E-state index in [1.54, 1.807) is 0 Å². The minimum Gasteiger partial charge on any atom is -0.310 e. The summed E-state index contributed by atoms with van der Waals surface area (Å²) in [6.07, 6.45) is 2.13. The van der Waals surface area contributed by atoms with Crippen molar-refractivity contribution in [2.24, 2.45) is 0 Å². The molecule has 0 amide bonds. The summed E-state index contributed by atoms with van der Waals surface area (Å²) in [6, 6.07) is 5.97. The first-order valence-electron chi connectivity index (χ1n) is 4.57. The lowest BCUT2D eigenvalue weighted by Gasteiger charge is -2.09. The lowest BCUT2D eigenvalue weighted by Crippen LogP contribution is -2.22. The molecule has 2 nitrogen and oxygen atoms in total. The largest absolute Gasteiger partial charge is 0.310 e. The van der Waals surface area contributed by atoms with E-state index >= 15 is 0 Å². The number of nitrogens with one attached hydrogen (secondary N) is 1. The molecular formula is C10H15BrN2S. The van der Waals surface area contributed by atoms with Crippen LogP contribution in [-0.2, 0) is 6.54 Å². The van der Waals surface area contributed by atoms with Crippen molar-refractivity contribution in [3.05, 3.63) is 28.5 Å². The second-order valence-corrected chi connectivity index (χ2v) is 5.22. The van der Waals surface area contributed by atoms with Gasteiger partial charge in [0.2, 0.25) is 0 Å². The minimum atomic E-state index is 0.655. The zero-order valence-electron chi connectivity index (χ0n) is 8.46. The highest BCUT2D eigenvalue weighted by atomic mass is 79.9. The molecule has 0 spiro atoms. The van der Waals surface area contributed by atoms with Crippen LogP contribution in [0.15, 0.2) is 22.8 Å². The van der Waals surface area contributed by atoms with Gasteiger partial charge in [0.15, 0.2) is 0 Å². The van der Waals surface area contributed by atoms with E-state index in [4.69, 9.17) is 0 Å². The van der Waals surface area contributed by atoms with Crippen LogP contribution < -0.4 is 5.32 Å². The van der Waals surface area contributed by atoms with Crippen molar-refractivity contribution < 1.29 is 0 Å². The number of nitrogens with zero attached hydrogens (tertiary/aromatic N) is 1. The molecule has 78 valence electrons. The zero-order chi connectivity index (χ0) is 10.4. The van der Waals surface area contributed by atoms with Gasteiger partial charge < -0.3 is 5.32 Å². The van der Waals surface area contributed by atoms with E-state index in [2.05, 4.69) is 39.4 Å². The molecule has 0 saturated carbocycles. The van der Waals surface area contributed by atoms with E-state index in [1.807, 2.05) is 30.0 Å². The first-order chi connectivity index (χ1) is 6.72. The van der Waals surface area contributed by atoms with Crippen LogP contribution in [0.2, 0.25) is 0 Å². The topological polar surface area (TPSA) is 24.9 Å². The molecule has 1 rings (SSSR count). The molecule has 1 unspecified atom stereocenters. The van der Waals surface area contributed by atoms with Gasteiger partial charge in [-0.15, -0.1) is 0 Å². The quantitative estimate of drug-likeness (QED) is 0.836. The fourth-order valence-corrected chi connectivity index (χ4v) is 1.70. The Morgan fingerprint density at radius 1 is 1.57 bits per heavy atom. The monoisotopic (exact) mass is 274 g/mol. The van der Waals surface area contributed by atoms with E-state index in [1.165, 1.54) is 0 Å². The van der Waals surface area contributed by atoms with Crippen LogP contribution >= 0.6 is 27.7 Å². The number of rotatable bonds is 5. The van der Waals surface area contributed by atoms with Crippen LogP contribution in [0.4, 0.5) is 0 Å². The second kappa shape index (κ2) is 6.43. The Labute approximate surface area is 98.0 Å². The van der Waals surface area contributed by atoms with Crippen molar-refractivity contribution in [1.82, 2.24) is 10.3 Å². The van der Waals surface area contributed by atoms with Gasteiger partial charge in [0.25, 0.3) is 0 Å². The van der Waals surface area contributed by atoms with Gasteiger partial charge in [0.05, 0.1) is 5.69 Å². The maximum atomic E-state index is 4.34. The van der Waals surface area contributed by atoms with Gasteiger partial charge in [0.1, 0.15) is 4.60 Å². The molecule has 1 atom stereocenters. The summed E-state index contributed by atoms with van der Waals surface area (Å²) in [4.78, 5) is 4.34. The summed E-state index contributed by atoms with van der Waals surface area (Å²) < 4.78 is 0.898. The van der Waals surface area contributed by atoms with Crippen LogP contribution in [0.25, 0.3) is 0 Å². The van der Waals surface area contributed by atoms with E-state index in [-0.39, 0.29) is 0 Å². The van der Waals surface area contributed by atoms with Gasteiger partial charge >= 0.3 is 0 Å². The van der Waals surface area contributed by atoms with Gasteiger partial charge in [-0.1, -0.05) is 13.0 Å². The van der Waals surface area contributed by atoms with Gasteiger partial charge in [0, 0.05) is 18.3 Å². The molecule has 1 heterocycles. The van der Waals surface area contributed by atoms with Gasteiger partial charge in [-0.3, -0.25) is 0 Å². The minimum absolute atomic E-state index is 0.655. The number of hydrogen-bond acceptors (Lipinski definition) is 3. The molecular weight excluding hydrogens is 260 g/mol. The highest BCUT2D eigenvalue weighted by Gasteiger charge is 1.99. The maximum Gasteiger partial charge on any atom is 0.106 e. The van der Waals surface area contributed by atoms with Crippen molar-refractivity contribution >= 4 is 27.7 Å². The van der Waals surface area contributed by atoms with E-state index in [0.717, 1.165) is 23.4 Å². The Hall–Kier alpha value is -0.0600. The highest BCUT2D eigenvalue weighted by molar-refractivity contribution is 9.10. The molecule has 0 aliphatic heterocycles. The highest BCUT2D eigenvalue weighted by Crippen LogP contribution is 2.06. The Morgan fingerprint density at radius 3 is 3.00 bits per heavy atom. The standard InChI is InChI=1S/C10H15BrN2S/c1-8(14-2)6-12-7-9-4-3-5-10(11)13-9/h3-5,8,12H,6-7H2,1-2H3. The van der Waals surface area contributed by atoms with Crippen LogP contribution in [0, 0.1) is 0 Å². The SMILES string of the molecule is CSC(C)CNCc1cccc(Br)n1. The molecule has 1 N–H and O–H groups in total. The lowest BCUT2D eigenvalue weighted by atomic mass is 10.3. The molecule has 0 aliphatic carbocycles. The van der Waals surface area contributed by atoms with Crippen molar-refractivity contribution in [3.63, 3.8) is 0 Å². The summed E-state index contributed by atoms with van der Waals surface area (Å²) in [7, 11) is 0. The first kappa shape index (κ1) is 12.0. The summed E-state index contributed by atoms with van der Waals surface area (Å²) in [5.74, 6) is 0. The van der Waals surface area contributed by atoms with E-state index < -0.39 is 0 Å². The Morgan fingerprint density at radius 2 is 2.36 bits per heavy atom. The van der Waals surface area contributed by atoms with Crippen molar-refractivity contribution in [2.45, 2.75) is 18.7 Å². The third-order valence-corrected chi connectivity index (χ3v) is 3.33. The molecule has 0 bridgehead atoms. The smallest absolute Gasteiger partial charge is 0.106 e. The lowest BCUT2D eigenvalue weighted by molar-refractivity contribution is 0.672. The normalized spacial score (nSPS) is 12.8. The van der Waals surface area contributed by atoms with Crippen LogP contribution in [0.5, 0.6) is 0 Å². The maximum absolute atomic E-state index is 4.34. The Bertz CT molecular complexity index is 281. The molecule has 0 aliphatic rings. The second-order valence-electron chi connectivity index (χ2n) is 3.13. The van der Waals surface area contributed by atoms with Crippen LogP contribution in [0.1, 0.15) is 12.6 Å². The van der Waals surface area contributed by atoms with Crippen molar-refractivity contribution in [2.75, 3.05) is 12.8 Å². The molecule has 4 heteroatoms. The number of thioether (sulfide) groups is 1. The molecule has 0 aromatic carbocycles. The predicted molar refractivity (Wildman–Crippen MR) is 66.6 cm³/mol. The third kappa shape index (κ3) is 4.44. The van der Waals surface area contributed by atoms with Crippen LogP contribution in [0.3, 0.4) is 0 Å². The molecule has 0 fully saturated rings. The molecule has 14 heavy (non-hydrogen) atoms. The predicted octanol–water partition coefficient (Wildman–Crippen LogP) is 2.69. The van der Waals surface area contributed by atoms with E-state index in [9.17, 15) is 0 Å². The fourth-order valence-electron chi connectivity index (χ4n) is 1.04. The number of hydrogen-bond donors (Lipinski definition) is 1. The van der Waals surface area contributed by atoms with Gasteiger partial charge in [-0.05, 0) is 34.3 Å². The van der Waals surface area contributed by atoms with Gasteiger partial charge in [-0.2, -0.15) is 11.8 Å². The third-order valence-electron chi connectivity index (χ3n) is 1.91. The van der Waals surface area contributed by atoms with Crippen LogP contribution in [-0.4, -0.2) is 23.0 Å².